The minimum atomic E-state index is -1.07. The zero-order chi connectivity index (χ0) is 14.9. The fourth-order valence-electron chi connectivity index (χ4n) is 2.32. The Morgan fingerprint density at radius 1 is 1.14 bits per heavy atom. The summed E-state index contributed by atoms with van der Waals surface area (Å²) in [6, 6.07) is 15.1. The van der Waals surface area contributed by atoms with Crippen LogP contribution in [0.1, 0.15) is 17.2 Å². The van der Waals surface area contributed by atoms with Crippen molar-refractivity contribution in [2.24, 2.45) is 4.99 Å². The highest BCUT2D eigenvalue weighted by atomic mass is 16.6. The molecule has 1 saturated heterocycles. The summed E-state index contributed by atoms with van der Waals surface area (Å²) < 4.78 is 5.62. The molecule has 0 spiro atoms. The van der Waals surface area contributed by atoms with Gasteiger partial charge < -0.3 is 4.74 Å². The van der Waals surface area contributed by atoms with E-state index in [1.165, 1.54) is 12.1 Å². The van der Waals surface area contributed by atoms with E-state index < -0.39 is 16.8 Å². The molecule has 0 radical (unpaired) electrons. The zero-order valence-corrected chi connectivity index (χ0v) is 10.8. The normalized spacial score (nSPS) is 23.1. The van der Waals surface area contributed by atoms with Gasteiger partial charge in [0, 0.05) is 17.7 Å². The summed E-state index contributed by atoms with van der Waals surface area (Å²) >= 11 is 0. The van der Waals surface area contributed by atoms with Gasteiger partial charge in [0.05, 0.1) is 4.92 Å². The van der Waals surface area contributed by atoms with Crippen molar-refractivity contribution in [1.29, 1.82) is 0 Å². The molecule has 0 bridgehead atoms. The van der Waals surface area contributed by atoms with Crippen LogP contribution in [0, 0.1) is 10.1 Å². The number of hydrogen-bond acceptors (Lipinski definition) is 5. The molecule has 21 heavy (non-hydrogen) atoms. The van der Waals surface area contributed by atoms with Crippen molar-refractivity contribution in [3.8, 4) is 0 Å². The molecule has 0 aromatic heterocycles. The second-order valence-corrected chi connectivity index (χ2v) is 4.61. The van der Waals surface area contributed by atoms with E-state index in [4.69, 9.17) is 4.74 Å². The van der Waals surface area contributed by atoms with Crippen LogP contribution in [-0.4, -0.2) is 11.0 Å². The van der Waals surface area contributed by atoms with Crippen molar-refractivity contribution >= 4 is 11.8 Å². The smallest absolute Gasteiger partial charge is 0.269 e. The Morgan fingerprint density at radius 3 is 2.38 bits per heavy atom. The number of ether oxygens (including phenoxy) is 1. The number of carbonyl (C=O) groups excluding carboxylic acids is 1. The summed E-state index contributed by atoms with van der Waals surface area (Å²) in [5.41, 5.74) is 0.405. The summed E-state index contributed by atoms with van der Waals surface area (Å²) in [5.74, 6) is 0. The van der Waals surface area contributed by atoms with E-state index in [1.54, 1.807) is 18.2 Å². The molecule has 0 amide bonds. The first-order chi connectivity index (χ1) is 10.2. The Balaban J connectivity index is 1.94. The van der Waals surface area contributed by atoms with E-state index >= 15 is 0 Å². The molecule has 2 aromatic rings. The van der Waals surface area contributed by atoms with E-state index in [2.05, 4.69) is 4.99 Å². The van der Waals surface area contributed by atoms with E-state index in [9.17, 15) is 14.9 Å². The molecular formula is C15H10N2O4. The number of isocyanates is 1. The molecular weight excluding hydrogens is 272 g/mol. The van der Waals surface area contributed by atoms with Crippen molar-refractivity contribution in [3.63, 3.8) is 0 Å². The third-order valence-electron chi connectivity index (χ3n) is 3.40. The maximum atomic E-state index is 10.7. The van der Waals surface area contributed by atoms with Crippen LogP contribution in [0.4, 0.5) is 5.69 Å². The third-order valence-corrected chi connectivity index (χ3v) is 3.40. The molecule has 1 fully saturated rings. The minimum absolute atomic E-state index is 0.00333. The number of aliphatic imine (C=N–C) groups is 1. The van der Waals surface area contributed by atoms with Crippen LogP contribution < -0.4 is 0 Å². The number of nitrogens with zero attached hydrogens (tertiary/aromatic N) is 2. The summed E-state index contributed by atoms with van der Waals surface area (Å²) in [5, 5.41) is 10.7. The van der Waals surface area contributed by atoms with Gasteiger partial charge in [-0.2, -0.15) is 4.99 Å². The van der Waals surface area contributed by atoms with Crippen LogP contribution in [0.15, 0.2) is 59.6 Å². The molecule has 3 rings (SSSR count). The molecule has 2 atom stereocenters. The summed E-state index contributed by atoms with van der Waals surface area (Å²) in [7, 11) is 0. The van der Waals surface area contributed by atoms with E-state index in [0.717, 1.165) is 11.1 Å². The number of epoxide rings is 1. The van der Waals surface area contributed by atoms with Crippen molar-refractivity contribution in [3.05, 3.63) is 75.8 Å². The standard InChI is InChI=1S/C15H10N2O4/c18-10-16-15(12-4-2-1-3-5-12)14(21-15)11-6-8-13(9-7-11)17(19)20/h1-9,14H. The number of nitro groups is 1. The van der Waals surface area contributed by atoms with Gasteiger partial charge in [-0.15, -0.1) is 0 Å². The average Bonchev–Trinajstić information content (AvgIpc) is 3.24. The number of rotatable bonds is 4. The van der Waals surface area contributed by atoms with Gasteiger partial charge in [-0.25, -0.2) is 4.79 Å². The summed E-state index contributed by atoms with van der Waals surface area (Å²) in [6.07, 6.45) is 1.10. The second kappa shape index (κ2) is 4.94. The lowest BCUT2D eigenvalue weighted by molar-refractivity contribution is -0.384. The summed E-state index contributed by atoms with van der Waals surface area (Å²) in [6.45, 7) is 0. The first-order valence-corrected chi connectivity index (χ1v) is 6.24. The van der Waals surface area contributed by atoms with E-state index in [0.29, 0.717) is 0 Å². The lowest BCUT2D eigenvalue weighted by Gasteiger charge is -2.05. The molecule has 2 unspecified atom stereocenters. The number of non-ortho nitro benzene ring substituents is 1. The molecule has 1 heterocycles. The fourth-order valence-corrected chi connectivity index (χ4v) is 2.32. The van der Waals surface area contributed by atoms with Crippen LogP contribution >= 0.6 is 0 Å². The molecule has 0 N–H and O–H groups in total. The Hall–Kier alpha value is -2.82. The van der Waals surface area contributed by atoms with Gasteiger partial charge in [0.2, 0.25) is 11.8 Å². The monoisotopic (exact) mass is 282 g/mol. The first-order valence-electron chi connectivity index (χ1n) is 6.24. The van der Waals surface area contributed by atoms with E-state index in [1.807, 2.05) is 30.3 Å². The topological polar surface area (TPSA) is 85.1 Å². The maximum absolute atomic E-state index is 10.7. The molecule has 104 valence electrons. The Morgan fingerprint density at radius 2 is 1.81 bits per heavy atom. The number of benzene rings is 2. The maximum Gasteiger partial charge on any atom is 0.269 e. The van der Waals surface area contributed by atoms with Crippen molar-refractivity contribution in [2.45, 2.75) is 11.8 Å². The Labute approximate surface area is 119 Å². The Bertz CT molecular complexity index is 723. The van der Waals surface area contributed by atoms with Crippen molar-refractivity contribution in [1.82, 2.24) is 0 Å². The highest BCUT2D eigenvalue weighted by Crippen LogP contribution is 2.57. The first kappa shape index (κ1) is 13.2. The van der Waals surface area contributed by atoms with Crippen LogP contribution in [-0.2, 0) is 15.3 Å². The predicted octanol–water partition coefficient (Wildman–Crippen LogP) is 2.85. The molecule has 1 aliphatic heterocycles. The van der Waals surface area contributed by atoms with Crippen molar-refractivity contribution in [2.75, 3.05) is 0 Å². The molecule has 6 heteroatoms. The van der Waals surface area contributed by atoms with Crippen molar-refractivity contribution < 1.29 is 14.5 Å². The predicted molar refractivity (Wildman–Crippen MR) is 73.2 cm³/mol. The second-order valence-electron chi connectivity index (χ2n) is 4.61. The average molecular weight is 282 g/mol. The summed E-state index contributed by atoms with van der Waals surface area (Å²) in [4.78, 5) is 24.7. The SMILES string of the molecule is O=C=NC1(c2ccccc2)OC1c1ccc([N+](=O)[O-])cc1. The fraction of sp³-hybridized carbons (Fsp3) is 0.133. The zero-order valence-electron chi connectivity index (χ0n) is 10.8. The van der Waals surface area contributed by atoms with Crippen LogP contribution in [0.5, 0.6) is 0 Å². The van der Waals surface area contributed by atoms with Gasteiger partial charge in [-0.3, -0.25) is 10.1 Å². The van der Waals surface area contributed by atoms with Crippen LogP contribution in [0.3, 0.4) is 0 Å². The Kier molecular flexibility index (Phi) is 3.10. The highest BCUT2D eigenvalue weighted by molar-refractivity contribution is 5.44. The minimum Gasteiger partial charge on any atom is -0.333 e. The number of hydrogen-bond donors (Lipinski definition) is 0. The van der Waals surface area contributed by atoms with Gasteiger partial charge in [-0.1, -0.05) is 30.3 Å². The quantitative estimate of drug-likeness (QED) is 0.284. The lowest BCUT2D eigenvalue weighted by Crippen LogP contribution is -2.06. The molecule has 1 aliphatic rings. The van der Waals surface area contributed by atoms with Gasteiger partial charge >= 0.3 is 0 Å². The molecule has 2 aromatic carbocycles. The van der Waals surface area contributed by atoms with Gasteiger partial charge in [-0.05, 0) is 17.7 Å². The van der Waals surface area contributed by atoms with Gasteiger partial charge in [0.1, 0.15) is 6.10 Å². The van der Waals surface area contributed by atoms with Crippen LogP contribution in [0.25, 0.3) is 0 Å². The third kappa shape index (κ3) is 2.23. The molecule has 0 aliphatic carbocycles. The number of nitro benzene ring substituents is 1. The van der Waals surface area contributed by atoms with Crippen LogP contribution in [0.2, 0.25) is 0 Å². The van der Waals surface area contributed by atoms with Gasteiger partial charge in [0.15, 0.2) is 0 Å². The van der Waals surface area contributed by atoms with E-state index in [-0.39, 0.29) is 5.69 Å². The molecule has 6 nitrogen and oxygen atoms in total. The largest absolute Gasteiger partial charge is 0.333 e. The highest BCUT2D eigenvalue weighted by Gasteiger charge is 2.59. The lowest BCUT2D eigenvalue weighted by atomic mass is 9.99. The van der Waals surface area contributed by atoms with Gasteiger partial charge in [0.25, 0.3) is 5.69 Å². The molecule has 0 saturated carbocycles.